The van der Waals surface area contributed by atoms with Crippen LogP contribution in [0.15, 0.2) is 24.9 Å². The van der Waals surface area contributed by atoms with Gasteiger partial charge in [-0.3, -0.25) is 9.50 Å². The topological polar surface area (TPSA) is 100 Å². The Morgan fingerprint density at radius 3 is 2.74 bits per heavy atom. The van der Waals surface area contributed by atoms with Gasteiger partial charge in [-0.05, 0) is 0 Å². The van der Waals surface area contributed by atoms with E-state index in [0.717, 1.165) is 6.20 Å². The molecule has 23 heavy (non-hydrogen) atoms. The summed E-state index contributed by atoms with van der Waals surface area (Å²) in [5.41, 5.74) is 0.967. The van der Waals surface area contributed by atoms with Gasteiger partial charge in [-0.2, -0.15) is 5.10 Å². The second-order valence-electron chi connectivity index (χ2n) is 4.55. The number of nitrogens with zero attached hydrogens (tertiary/aromatic N) is 6. The quantitative estimate of drug-likeness (QED) is 0.601. The number of H-pyrrole nitrogens is 2. The molecule has 0 amide bonds. The Labute approximate surface area is 125 Å². The van der Waals surface area contributed by atoms with Crippen LogP contribution in [0, 0.1) is 5.82 Å². The van der Waals surface area contributed by atoms with Crippen molar-refractivity contribution in [3.05, 3.63) is 36.6 Å². The van der Waals surface area contributed by atoms with E-state index in [-0.39, 0.29) is 17.3 Å². The van der Waals surface area contributed by atoms with Crippen molar-refractivity contribution in [1.29, 1.82) is 0 Å². The molecule has 0 aliphatic carbocycles. The zero-order valence-electron chi connectivity index (χ0n) is 11.2. The van der Waals surface area contributed by atoms with Gasteiger partial charge in [0, 0.05) is 6.20 Å². The van der Waals surface area contributed by atoms with E-state index in [9.17, 15) is 13.2 Å². The number of imidazole rings is 2. The third-order valence-corrected chi connectivity index (χ3v) is 3.11. The van der Waals surface area contributed by atoms with Gasteiger partial charge in [-0.15, -0.1) is 0 Å². The summed E-state index contributed by atoms with van der Waals surface area (Å²) in [5.74, 6) is -1.04. The summed E-state index contributed by atoms with van der Waals surface area (Å²) in [7, 11) is 0. The number of aromatic nitrogens is 8. The summed E-state index contributed by atoms with van der Waals surface area (Å²) in [6, 6.07) is 0. The van der Waals surface area contributed by atoms with E-state index in [2.05, 4.69) is 35.1 Å². The zero-order chi connectivity index (χ0) is 16.0. The number of aromatic amines is 2. The van der Waals surface area contributed by atoms with Crippen molar-refractivity contribution in [2.45, 2.75) is 6.43 Å². The van der Waals surface area contributed by atoms with E-state index >= 15 is 0 Å². The molecule has 0 aromatic carbocycles. The maximum Gasteiger partial charge on any atom is 0.299 e. The number of alkyl halides is 2. The van der Waals surface area contributed by atoms with Gasteiger partial charge in [-0.1, -0.05) is 0 Å². The molecule has 4 heterocycles. The van der Waals surface area contributed by atoms with Crippen molar-refractivity contribution in [3.63, 3.8) is 0 Å². The Hall–Kier alpha value is -3.24. The molecule has 2 N–H and O–H groups in total. The van der Waals surface area contributed by atoms with Crippen molar-refractivity contribution in [2.75, 3.05) is 0 Å². The fraction of sp³-hybridized carbons (Fsp3) is 0.0833. The van der Waals surface area contributed by atoms with Crippen LogP contribution in [-0.2, 0) is 0 Å². The Kier molecular flexibility index (Phi) is 2.86. The molecule has 0 spiro atoms. The van der Waals surface area contributed by atoms with Crippen LogP contribution in [0.1, 0.15) is 12.2 Å². The molecular formula is C12H7F3N8. The van der Waals surface area contributed by atoms with Crippen LogP contribution >= 0.6 is 0 Å². The highest BCUT2D eigenvalue weighted by Gasteiger charge is 2.23. The predicted molar refractivity (Wildman–Crippen MR) is 70.9 cm³/mol. The molecular weight excluding hydrogens is 313 g/mol. The Morgan fingerprint density at radius 1 is 1.17 bits per heavy atom. The predicted octanol–water partition coefficient (Wildman–Crippen LogP) is 1.98. The van der Waals surface area contributed by atoms with Crippen LogP contribution in [0.2, 0.25) is 0 Å². The molecule has 11 heteroatoms. The lowest BCUT2D eigenvalue weighted by Crippen LogP contribution is -1.93. The lowest BCUT2D eigenvalue weighted by atomic mass is 10.2. The summed E-state index contributed by atoms with van der Waals surface area (Å²) >= 11 is 0. The molecule has 0 radical (unpaired) electrons. The van der Waals surface area contributed by atoms with Crippen LogP contribution in [0.3, 0.4) is 0 Å². The van der Waals surface area contributed by atoms with Crippen molar-refractivity contribution in [3.8, 4) is 22.9 Å². The first-order valence-corrected chi connectivity index (χ1v) is 6.37. The Balaban J connectivity index is 2.00. The lowest BCUT2D eigenvalue weighted by molar-refractivity contribution is 0.141. The zero-order valence-corrected chi connectivity index (χ0v) is 11.2. The summed E-state index contributed by atoms with van der Waals surface area (Å²) < 4.78 is 40.2. The first-order chi connectivity index (χ1) is 11.1. The van der Waals surface area contributed by atoms with Crippen LogP contribution in [0.5, 0.6) is 0 Å². The highest BCUT2D eigenvalue weighted by molar-refractivity contribution is 5.76. The number of rotatable bonds is 3. The third-order valence-electron chi connectivity index (χ3n) is 3.11. The summed E-state index contributed by atoms with van der Waals surface area (Å²) in [6.45, 7) is 0. The summed E-state index contributed by atoms with van der Waals surface area (Å²) in [5, 5.41) is 5.85. The van der Waals surface area contributed by atoms with E-state index < -0.39 is 18.1 Å². The number of hydrogen-bond acceptors (Lipinski definition) is 5. The van der Waals surface area contributed by atoms with Crippen molar-refractivity contribution in [2.24, 2.45) is 0 Å². The minimum absolute atomic E-state index is 0.0178. The maximum absolute atomic E-state index is 13.5. The lowest BCUT2D eigenvalue weighted by Gasteiger charge is -1.99. The van der Waals surface area contributed by atoms with E-state index in [0.29, 0.717) is 11.4 Å². The van der Waals surface area contributed by atoms with Gasteiger partial charge in [0.25, 0.3) is 6.43 Å². The van der Waals surface area contributed by atoms with E-state index in [1.807, 2.05) is 0 Å². The first-order valence-electron chi connectivity index (χ1n) is 6.37. The summed E-state index contributed by atoms with van der Waals surface area (Å²) in [4.78, 5) is 18.6. The fourth-order valence-electron chi connectivity index (χ4n) is 2.19. The average molecular weight is 320 g/mol. The van der Waals surface area contributed by atoms with Crippen molar-refractivity contribution in [1.82, 2.24) is 39.5 Å². The molecule has 0 saturated carbocycles. The molecule has 0 bridgehead atoms. The van der Waals surface area contributed by atoms with Crippen LogP contribution < -0.4 is 0 Å². The monoisotopic (exact) mass is 320 g/mol. The molecule has 0 saturated heterocycles. The third kappa shape index (κ3) is 2.13. The van der Waals surface area contributed by atoms with Gasteiger partial charge in [0.1, 0.15) is 17.1 Å². The SMILES string of the molecule is Fc1cnc2nc(-c3nc(C(F)F)n[nH]3)c(-c3c[nH]cn3)n2c1. The highest BCUT2D eigenvalue weighted by Crippen LogP contribution is 2.30. The first kappa shape index (κ1) is 13.4. The van der Waals surface area contributed by atoms with Crippen LogP contribution in [0.25, 0.3) is 28.7 Å². The highest BCUT2D eigenvalue weighted by atomic mass is 19.3. The number of hydrogen-bond donors (Lipinski definition) is 2. The molecule has 0 aliphatic heterocycles. The molecule has 8 nitrogen and oxygen atoms in total. The van der Waals surface area contributed by atoms with Gasteiger partial charge in [0.05, 0.1) is 18.7 Å². The molecule has 0 aliphatic rings. The van der Waals surface area contributed by atoms with Crippen LogP contribution in [-0.4, -0.2) is 39.5 Å². The maximum atomic E-state index is 13.5. The fourth-order valence-corrected chi connectivity index (χ4v) is 2.19. The van der Waals surface area contributed by atoms with E-state index in [1.165, 1.54) is 16.9 Å². The van der Waals surface area contributed by atoms with Crippen LogP contribution in [0.4, 0.5) is 13.2 Å². The Bertz CT molecular complexity index is 972. The molecule has 0 atom stereocenters. The normalized spacial score (nSPS) is 11.7. The van der Waals surface area contributed by atoms with Gasteiger partial charge in [0.15, 0.2) is 11.6 Å². The average Bonchev–Trinajstić information content (AvgIpc) is 3.25. The molecule has 0 fully saturated rings. The van der Waals surface area contributed by atoms with E-state index in [1.54, 1.807) is 6.20 Å². The minimum Gasteiger partial charge on any atom is -0.351 e. The smallest absolute Gasteiger partial charge is 0.299 e. The molecule has 4 aromatic rings. The Morgan fingerprint density at radius 2 is 2.04 bits per heavy atom. The van der Waals surface area contributed by atoms with E-state index in [4.69, 9.17) is 0 Å². The second-order valence-corrected chi connectivity index (χ2v) is 4.55. The number of halogens is 3. The molecule has 4 aromatic heterocycles. The van der Waals surface area contributed by atoms with Crippen molar-refractivity contribution >= 4 is 5.78 Å². The number of fused-ring (bicyclic) bond motifs is 1. The summed E-state index contributed by atoms with van der Waals surface area (Å²) in [6.07, 6.45) is 2.35. The largest absolute Gasteiger partial charge is 0.351 e. The molecule has 4 rings (SSSR count). The standard InChI is InChI=1S/C12H7F3N8/c13-5-1-17-12-19-7(10-20-11(9(14)15)22-21-10)8(23(12)3-5)6-2-16-4-18-6/h1-4,9H,(H,16,18)(H,20,21,22). The van der Waals surface area contributed by atoms with Gasteiger partial charge in [0.2, 0.25) is 11.6 Å². The molecule has 0 unspecified atom stereocenters. The van der Waals surface area contributed by atoms with Gasteiger partial charge >= 0.3 is 0 Å². The molecule has 116 valence electrons. The number of nitrogens with one attached hydrogen (secondary N) is 2. The second kappa shape index (κ2) is 4.90. The minimum atomic E-state index is -2.82. The van der Waals surface area contributed by atoms with Gasteiger partial charge < -0.3 is 4.98 Å². The van der Waals surface area contributed by atoms with Gasteiger partial charge in [-0.25, -0.2) is 33.1 Å². The van der Waals surface area contributed by atoms with Crippen molar-refractivity contribution < 1.29 is 13.2 Å².